The predicted octanol–water partition coefficient (Wildman–Crippen LogP) is 2.52. The minimum atomic E-state index is 0.745. The normalized spacial score (nSPS) is 41.2. The number of hydrogen-bond acceptors (Lipinski definition) is 1. The van der Waals surface area contributed by atoms with E-state index in [4.69, 9.17) is 0 Å². The van der Waals surface area contributed by atoms with Gasteiger partial charge in [-0.1, -0.05) is 20.8 Å². The molecule has 0 aliphatic carbocycles. The van der Waals surface area contributed by atoms with E-state index in [0.29, 0.717) is 0 Å². The predicted molar refractivity (Wildman–Crippen MR) is 49.7 cm³/mol. The van der Waals surface area contributed by atoms with E-state index in [1.165, 1.54) is 38.9 Å². The summed E-state index contributed by atoms with van der Waals surface area (Å²) in [6, 6.07) is 0. The Morgan fingerprint density at radius 1 is 0.909 bits per heavy atom. The van der Waals surface area contributed by atoms with E-state index >= 15 is 0 Å². The van der Waals surface area contributed by atoms with Gasteiger partial charge in [0.25, 0.3) is 0 Å². The zero-order valence-electron chi connectivity index (χ0n) is 8.19. The van der Waals surface area contributed by atoms with Gasteiger partial charge in [-0.2, -0.15) is 0 Å². The second-order valence-corrected chi connectivity index (χ2v) is 3.90. The molecule has 1 heteroatoms. The van der Waals surface area contributed by atoms with Crippen LogP contribution in [0.2, 0.25) is 0 Å². The highest BCUT2D eigenvalue weighted by Crippen LogP contribution is 2.38. The fourth-order valence-electron chi connectivity index (χ4n) is 1.99. The van der Waals surface area contributed by atoms with E-state index in [0.717, 1.165) is 5.41 Å². The van der Waals surface area contributed by atoms with Crippen molar-refractivity contribution in [2.75, 3.05) is 19.6 Å². The Labute approximate surface area is 70.8 Å². The third kappa shape index (κ3) is 1.96. The summed E-state index contributed by atoms with van der Waals surface area (Å²) in [4.78, 5) is 2.59. The van der Waals surface area contributed by atoms with Gasteiger partial charge in [0.1, 0.15) is 0 Å². The van der Waals surface area contributed by atoms with Crippen LogP contribution >= 0.6 is 0 Å². The molecule has 0 aromatic heterocycles. The highest BCUT2D eigenvalue weighted by Gasteiger charge is 2.34. The van der Waals surface area contributed by atoms with Crippen molar-refractivity contribution in [3.8, 4) is 0 Å². The lowest BCUT2D eigenvalue weighted by molar-refractivity contribution is 0.0405. The fourth-order valence-corrected chi connectivity index (χ4v) is 1.99. The van der Waals surface area contributed by atoms with Crippen molar-refractivity contribution in [3.63, 3.8) is 0 Å². The van der Waals surface area contributed by atoms with Crippen molar-refractivity contribution < 1.29 is 0 Å². The second-order valence-electron chi connectivity index (χ2n) is 3.90. The first-order valence-corrected chi connectivity index (χ1v) is 5.01. The molecule has 11 heavy (non-hydrogen) atoms. The van der Waals surface area contributed by atoms with Crippen LogP contribution in [-0.4, -0.2) is 24.5 Å². The minimum Gasteiger partial charge on any atom is -0.303 e. The van der Waals surface area contributed by atoms with E-state index in [9.17, 15) is 0 Å². The van der Waals surface area contributed by atoms with E-state index in [1.54, 1.807) is 0 Å². The average Bonchev–Trinajstić information content (AvgIpc) is 2.10. The quantitative estimate of drug-likeness (QED) is 0.519. The molecule has 0 spiro atoms. The molecule has 0 N–H and O–H groups in total. The Bertz CT molecular complexity index is 98.3. The molecule has 0 unspecified atom stereocenters. The Kier molecular flexibility index (Phi) is 2.94. The molecule has 0 saturated carbocycles. The van der Waals surface area contributed by atoms with E-state index in [1.807, 2.05) is 13.8 Å². The zero-order valence-corrected chi connectivity index (χ0v) is 8.19. The number of piperidine rings is 3. The molecule has 3 fully saturated rings. The third-order valence-corrected chi connectivity index (χ3v) is 3.09. The summed E-state index contributed by atoms with van der Waals surface area (Å²) in [5.74, 6) is 0. The first kappa shape index (κ1) is 9.05. The zero-order chi connectivity index (χ0) is 8.32. The lowest BCUT2D eigenvalue weighted by Crippen LogP contribution is -2.46. The SMILES string of the molecule is CC.CC12CCN(CC1)CC2. The largest absolute Gasteiger partial charge is 0.303 e. The molecule has 3 aliphatic rings. The Morgan fingerprint density at radius 3 is 1.45 bits per heavy atom. The van der Waals surface area contributed by atoms with Crippen LogP contribution in [0.15, 0.2) is 0 Å². The van der Waals surface area contributed by atoms with E-state index in [-0.39, 0.29) is 0 Å². The number of rotatable bonds is 0. The molecule has 0 atom stereocenters. The lowest BCUT2D eigenvalue weighted by Gasteiger charge is -2.46. The summed E-state index contributed by atoms with van der Waals surface area (Å²) in [6.45, 7) is 10.6. The monoisotopic (exact) mass is 155 g/mol. The molecule has 3 rings (SSSR count). The summed E-state index contributed by atoms with van der Waals surface area (Å²) < 4.78 is 0. The first-order valence-electron chi connectivity index (χ1n) is 5.01. The average molecular weight is 155 g/mol. The van der Waals surface area contributed by atoms with Gasteiger partial charge in [-0.15, -0.1) is 0 Å². The smallest absolute Gasteiger partial charge is 0.00135 e. The maximum Gasteiger partial charge on any atom is -0.00135 e. The van der Waals surface area contributed by atoms with Crippen molar-refractivity contribution >= 4 is 0 Å². The molecule has 1 nitrogen and oxygen atoms in total. The molecular formula is C10H21N. The van der Waals surface area contributed by atoms with Gasteiger partial charge in [0.15, 0.2) is 0 Å². The summed E-state index contributed by atoms with van der Waals surface area (Å²) in [5, 5.41) is 0. The van der Waals surface area contributed by atoms with Crippen LogP contribution in [0.1, 0.15) is 40.0 Å². The van der Waals surface area contributed by atoms with Crippen LogP contribution in [0.4, 0.5) is 0 Å². The van der Waals surface area contributed by atoms with Crippen molar-refractivity contribution in [3.05, 3.63) is 0 Å². The van der Waals surface area contributed by atoms with E-state index < -0.39 is 0 Å². The number of nitrogens with zero attached hydrogens (tertiary/aromatic N) is 1. The van der Waals surface area contributed by atoms with Gasteiger partial charge in [0.2, 0.25) is 0 Å². The minimum absolute atomic E-state index is 0.745. The van der Waals surface area contributed by atoms with Crippen molar-refractivity contribution in [1.29, 1.82) is 0 Å². The summed E-state index contributed by atoms with van der Waals surface area (Å²) >= 11 is 0. The van der Waals surface area contributed by atoms with Gasteiger partial charge in [-0.05, 0) is 44.3 Å². The molecule has 3 saturated heterocycles. The van der Waals surface area contributed by atoms with Crippen molar-refractivity contribution in [1.82, 2.24) is 4.90 Å². The van der Waals surface area contributed by atoms with Gasteiger partial charge < -0.3 is 4.90 Å². The lowest BCUT2D eigenvalue weighted by atomic mass is 9.74. The van der Waals surface area contributed by atoms with Gasteiger partial charge in [-0.3, -0.25) is 0 Å². The van der Waals surface area contributed by atoms with Crippen LogP contribution in [0, 0.1) is 5.41 Å². The molecule has 0 radical (unpaired) electrons. The molecule has 2 bridgehead atoms. The summed E-state index contributed by atoms with van der Waals surface area (Å²) in [7, 11) is 0. The van der Waals surface area contributed by atoms with Gasteiger partial charge >= 0.3 is 0 Å². The Balaban J connectivity index is 0.000000281. The Morgan fingerprint density at radius 2 is 1.27 bits per heavy atom. The maximum atomic E-state index is 2.59. The summed E-state index contributed by atoms with van der Waals surface area (Å²) in [6.07, 6.45) is 4.35. The van der Waals surface area contributed by atoms with Crippen LogP contribution in [-0.2, 0) is 0 Å². The molecule has 0 amide bonds. The second kappa shape index (κ2) is 3.57. The molecule has 0 aromatic rings. The standard InChI is InChI=1S/C8H15N.C2H6/c1-8-2-5-9(6-3-8)7-4-8;1-2/h2-7H2,1H3;1-2H3. The number of hydrogen-bond donors (Lipinski definition) is 0. The van der Waals surface area contributed by atoms with Gasteiger partial charge in [-0.25, -0.2) is 0 Å². The number of fused-ring (bicyclic) bond motifs is 3. The van der Waals surface area contributed by atoms with Gasteiger partial charge in [0, 0.05) is 0 Å². The van der Waals surface area contributed by atoms with Crippen molar-refractivity contribution in [2.24, 2.45) is 5.41 Å². The van der Waals surface area contributed by atoms with Crippen molar-refractivity contribution in [2.45, 2.75) is 40.0 Å². The topological polar surface area (TPSA) is 3.24 Å². The first-order chi connectivity index (χ1) is 5.29. The highest BCUT2D eigenvalue weighted by molar-refractivity contribution is 4.88. The van der Waals surface area contributed by atoms with Crippen LogP contribution < -0.4 is 0 Å². The maximum absolute atomic E-state index is 2.59. The van der Waals surface area contributed by atoms with Crippen LogP contribution in [0.5, 0.6) is 0 Å². The van der Waals surface area contributed by atoms with Crippen LogP contribution in [0.3, 0.4) is 0 Å². The molecule has 0 aromatic carbocycles. The molecular weight excluding hydrogens is 134 g/mol. The molecule has 66 valence electrons. The highest BCUT2D eigenvalue weighted by atomic mass is 15.1. The van der Waals surface area contributed by atoms with Gasteiger partial charge in [0.05, 0.1) is 0 Å². The Hall–Kier alpha value is -0.0400. The summed E-state index contributed by atoms with van der Waals surface area (Å²) in [5.41, 5.74) is 0.745. The van der Waals surface area contributed by atoms with Crippen LogP contribution in [0.25, 0.3) is 0 Å². The third-order valence-electron chi connectivity index (χ3n) is 3.09. The fraction of sp³-hybridized carbons (Fsp3) is 1.00. The van der Waals surface area contributed by atoms with E-state index in [2.05, 4.69) is 11.8 Å². The molecule has 3 heterocycles. The molecule has 3 aliphatic heterocycles.